The van der Waals surface area contributed by atoms with Crippen LogP contribution in [0.5, 0.6) is 0 Å². The van der Waals surface area contributed by atoms with Crippen LogP contribution in [0.4, 0.5) is 11.4 Å². The standard InChI is InChI=1S/C23H24N4/c24-17-19-9-7-18(8-10-19)13-16-26-14-3-4-15-27(26)23-12-11-22(25)20-5-1-2-6-21(20)23/h1-2,5-12H,3-4,13-16,25H2. The largest absolute Gasteiger partial charge is 0.398 e. The molecule has 1 aliphatic rings. The van der Waals surface area contributed by atoms with Gasteiger partial charge in [-0.25, -0.2) is 5.01 Å². The predicted octanol–water partition coefficient (Wildman–Crippen LogP) is 4.35. The minimum atomic E-state index is 0.715. The van der Waals surface area contributed by atoms with E-state index in [2.05, 4.69) is 52.5 Å². The summed E-state index contributed by atoms with van der Waals surface area (Å²) in [5, 5.41) is 16.2. The summed E-state index contributed by atoms with van der Waals surface area (Å²) < 4.78 is 0. The van der Waals surface area contributed by atoms with Crippen LogP contribution in [0.1, 0.15) is 24.0 Å². The van der Waals surface area contributed by atoms with Gasteiger partial charge >= 0.3 is 0 Å². The van der Waals surface area contributed by atoms with Crippen LogP contribution in [0.15, 0.2) is 60.7 Å². The molecule has 1 aliphatic heterocycles. The van der Waals surface area contributed by atoms with E-state index in [1.54, 1.807) is 0 Å². The first-order valence-corrected chi connectivity index (χ1v) is 9.55. The van der Waals surface area contributed by atoms with Gasteiger partial charge in [-0.1, -0.05) is 36.4 Å². The molecule has 4 rings (SSSR count). The number of anilines is 2. The zero-order chi connectivity index (χ0) is 18.6. The fraction of sp³-hybridized carbons (Fsp3) is 0.261. The van der Waals surface area contributed by atoms with Crippen molar-refractivity contribution in [2.24, 2.45) is 0 Å². The second-order valence-electron chi connectivity index (χ2n) is 7.06. The number of nitrogens with zero attached hydrogens (tertiary/aromatic N) is 3. The van der Waals surface area contributed by atoms with Gasteiger partial charge in [-0.2, -0.15) is 5.26 Å². The predicted molar refractivity (Wildman–Crippen MR) is 111 cm³/mol. The molecule has 0 amide bonds. The summed E-state index contributed by atoms with van der Waals surface area (Å²) in [6.45, 7) is 3.06. The Morgan fingerprint density at radius 3 is 2.41 bits per heavy atom. The van der Waals surface area contributed by atoms with E-state index in [-0.39, 0.29) is 0 Å². The summed E-state index contributed by atoms with van der Waals surface area (Å²) in [7, 11) is 0. The highest BCUT2D eigenvalue weighted by atomic mass is 15.6. The summed E-state index contributed by atoms with van der Waals surface area (Å²) in [6.07, 6.45) is 3.39. The minimum absolute atomic E-state index is 0.715. The number of nitrogens with two attached hydrogens (primary N) is 1. The molecular weight excluding hydrogens is 332 g/mol. The highest BCUT2D eigenvalue weighted by molar-refractivity contribution is 6.01. The van der Waals surface area contributed by atoms with Gasteiger partial charge in [-0.3, -0.25) is 0 Å². The summed E-state index contributed by atoms with van der Waals surface area (Å²) in [5.41, 5.74) is 10.2. The summed E-state index contributed by atoms with van der Waals surface area (Å²) in [4.78, 5) is 0. The first-order valence-electron chi connectivity index (χ1n) is 9.55. The molecule has 136 valence electrons. The lowest BCUT2D eigenvalue weighted by atomic mass is 10.1. The number of nitrogen functional groups attached to an aromatic ring is 1. The Kier molecular flexibility index (Phi) is 4.95. The van der Waals surface area contributed by atoms with Crippen molar-refractivity contribution in [3.63, 3.8) is 0 Å². The van der Waals surface area contributed by atoms with Crippen molar-refractivity contribution in [1.29, 1.82) is 5.26 Å². The van der Waals surface area contributed by atoms with Crippen molar-refractivity contribution in [2.45, 2.75) is 19.3 Å². The Balaban J connectivity index is 1.58. The van der Waals surface area contributed by atoms with Gasteiger partial charge in [0.25, 0.3) is 0 Å². The molecule has 0 bridgehead atoms. The lowest BCUT2D eigenvalue weighted by Crippen LogP contribution is -2.48. The molecule has 0 spiro atoms. The minimum Gasteiger partial charge on any atom is -0.398 e. The maximum Gasteiger partial charge on any atom is 0.0991 e. The lowest BCUT2D eigenvalue weighted by Gasteiger charge is -2.41. The third-order valence-corrected chi connectivity index (χ3v) is 5.33. The van der Waals surface area contributed by atoms with Crippen LogP contribution in [0.25, 0.3) is 10.8 Å². The zero-order valence-corrected chi connectivity index (χ0v) is 15.4. The molecule has 3 aromatic carbocycles. The Morgan fingerprint density at radius 2 is 1.63 bits per heavy atom. The van der Waals surface area contributed by atoms with Crippen molar-refractivity contribution in [3.05, 3.63) is 71.8 Å². The summed E-state index contributed by atoms with van der Waals surface area (Å²) >= 11 is 0. The van der Waals surface area contributed by atoms with Crippen LogP contribution in [0.3, 0.4) is 0 Å². The smallest absolute Gasteiger partial charge is 0.0991 e. The molecule has 0 radical (unpaired) electrons. The molecule has 0 aliphatic carbocycles. The lowest BCUT2D eigenvalue weighted by molar-refractivity contribution is 0.215. The van der Waals surface area contributed by atoms with E-state index in [1.165, 1.54) is 29.5 Å². The monoisotopic (exact) mass is 356 g/mol. The number of nitriles is 1. The molecule has 0 atom stereocenters. The second kappa shape index (κ2) is 7.69. The maximum absolute atomic E-state index is 8.96. The van der Waals surface area contributed by atoms with Gasteiger partial charge in [-0.05, 0) is 49.1 Å². The highest BCUT2D eigenvalue weighted by Crippen LogP contribution is 2.33. The molecule has 0 unspecified atom stereocenters. The molecule has 2 N–H and O–H groups in total. The van der Waals surface area contributed by atoms with Crippen LogP contribution < -0.4 is 10.7 Å². The number of benzene rings is 3. The number of rotatable bonds is 4. The number of hydrogen-bond donors (Lipinski definition) is 1. The van der Waals surface area contributed by atoms with E-state index < -0.39 is 0 Å². The third-order valence-electron chi connectivity index (χ3n) is 5.33. The van der Waals surface area contributed by atoms with Crippen molar-refractivity contribution in [3.8, 4) is 6.07 Å². The van der Waals surface area contributed by atoms with Gasteiger partial charge in [0.2, 0.25) is 0 Å². The first kappa shape index (κ1) is 17.4. The molecule has 4 nitrogen and oxygen atoms in total. The number of hydrogen-bond acceptors (Lipinski definition) is 4. The van der Waals surface area contributed by atoms with E-state index in [9.17, 15) is 0 Å². The summed E-state index contributed by atoms with van der Waals surface area (Å²) in [5.74, 6) is 0. The van der Waals surface area contributed by atoms with Crippen molar-refractivity contribution < 1.29 is 0 Å². The Bertz CT molecular complexity index is 972. The van der Waals surface area contributed by atoms with E-state index in [1.807, 2.05) is 24.3 Å². The molecule has 4 heteroatoms. The van der Waals surface area contributed by atoms with E-state index in [0.717, 1.165) is 37.1 Å². The topological polar surface area (TPSA) is 56.3 Å². The van der Waals surface area contributed by atoms with Gasteiger partial charge in [0.15, 0.2) is 0 Å². The van der Waals surface area contributed by atoms with Crippen LogP contribution in [0, 0.1) is 11.3 Å². The Labute approximate surface area is 160 Å². The molecule has 1 saturated heterocycles. The molecule has 1 fully saturated rings. The molecule has 1 heterocycles. The van der Waals surface area contributed by atoms with E-state index in [0.29, 0.717) is 5.56 Å². The first-order chi connectivity index (χ1) is 13.3. The molecule has 3 aromatic rings. The van der Waals surface area contributed by atoms with E-state index >= 15 is 0 Å². The number of fused-ring (bicyclic) bond motifs is 1. The van der Waals surface area contributed by atoms with Crippen molar-refractivity contribution in [2.75, 3.05) is 30.4 Å². The Hall–Kier alpha value is -3.03. The van der Waals surface area contributed by atoms with Gasteiger partial charge in [0, 0.05) is 36.1 Å². The zero-order valence-electron chi connectivity index (χ0n) is 15.4. The van der Waals surface area contributed by atoms with Crippen LogP contribution in [0.2, 0.25) is 0 Å². The van der Waals surface area contributed by atoms with Crippen LogP contribution >= 0.6 is 0 Å². The van der Waals surface area contributed by atoms with E-state index in [4.69, 9.17) is 11.0 Å². The average Bonchev–Trinajstić information content (AvgIpc) is 2.73. The summed E-state index contributed by atoms with van der Waals surface area (Å²) in [6, 6.07) is 22.7. The van der Waals surface area contributed by atoms with Crippen molar-refractivity contribution >= 4 is 22.1 Å². The fourth-order valence-electron chi connectivity index (χ4n) is 3.86. The fourth-order valence-corrected chi connectivity index (χ4v) is 3.86. The van der Waals surface area contributed by atoms with Gasteiger partial charge in [0.1, 0.15) is 0 Å². The van der Waals surface area contributed by atoms with Crippen LogP contribution in [-0.2, 0) is 6.42 Å². The third kappa shape index (κ3) is 3.60. The average molecular weight is 356 g/mol. The molecule has 0 aromatic heterocycles. The van der Waals surface area contributed by atoms with Gasteiger partial charge < -0.3 is 10.7 Å². The number of hydrazine groups is 1. The quantitative estimate of drug-likeness (QED) is 0.706. The van der Waals surface area contributed by atoms with Crippen LogP contribution in [-0.4, -0.2) is 24.6 Å². The molecular formula is C23H24N4. The van der Waals surface area contributed by atoms with Gasteiger partial charge in [0.05, 0.1) is 17.3 Å². The highest BCUT2D eigenvalue weighted by Gasteiger charge is 2.22. The SMILES string of the molecule is N#Cc1ccc(CCN2CCCCN2c2ccc(N)c3ccccc23)cc1. The second-order valence-corrected chi connectivity index (χ2v) is 7.06. The maximum atomic E-state index is 8.96. The normalized spacial score (nSPS) is 15.0. The van der Waals surface area contributed by atoms with Crippen molar-refractivity contribution in [1.82, 2.24) is 5.01 Å². The Morgan fingerprint density at radius 1 is 0.889 bits per heavy atom. The molecule has 27 heavy (non-hydrogen) atoms. The molecule has 0 saturated carbocycles. The van der Waals surface area contributed by atoms with Gasteiger partial charge in [-0.15, -0.1) is 0 Å².